The average Bonchev–Trinajstić information content (AvgIpc) is 2.26. The molecule has 0 spiro atoms. The summed E-state index contributed by atoms with van der Waals surface area (Å²) in [6.45, 7) is 1.51. The molecule has 0 radical (unpaired) electrons. The van der Waals surface area contributed by atoms with Crippen LogP contribution in [-0.4, -0.2) is 6.02 Å². The second-order valence-electron chi connectivity index (χ2n) is 3.61. The van der Waals surface area contributed by atoms with Crippen LogP contribution in [0.15, 0.2) is 23.3 Å². The van der Waals surface area contributed by atoms with Crippen LogP contribution in [0, 0.1) is 0 Å². The van der Waals surface area contributed by atoms with Gasteiger partial charge >= 0.3 is 12.2 Å². The molecule has 0 bridgehead atoms. The molecule has 0 saturated carbocycles. The lowest BCUT2D eigenvalue weighted by Crippen LogP contribution is -2.20. The normalized spacial score (nSPS) is 14.3. The smallest absolute Gasteiger partial charge is 0.416 e. The Kier molecular flexibility index (Phi) is 3.89. The van der Waals surface area contributed by atoms with Crippen molar-refractivity contribution in [2.45, 2.75) is 19.2 Å². The Labute approximate surface area is 101 Å². The van der Waals surface area contributed by atoms with Crippen LogP contribution in [0.3, 0.4) is 0 Å². The molecule has 18 heavy (non-hydrogen) atoms. The minimum Gasteiger partial charge on any atom is -0.456 e. The molecule has 100 valence electrons. The first-order chi connectivity index (χ1) is 8.24. The Balaban J connectivity index is 3.06. The highest BCUT2D eigenvalue weighted by Crippen LogP contribution is 2.33. The molecule has 0 aliphatic heterocycles. The summed E-state index contributed by atoms with van der Waals surface area (Å²) in [6, 6.07) is 2.82. The summed E-state index contributed by atoms with van der Waals surface area (Å²) in [7, 11) is 0. The second-order valence-corrected chi connectivity index (χ2v) is 3.61. The number of nitrogens with zero attached hydrogens (tertiary/aromatic N) is 1. The van der Waals surface area contributed by atoms with Crippen LogP contribution in [0.4, 0.5) is 18.9 Å². The lowest BCUT2D eigenvalue weighted by atomic mass is 10.1. The molecule has 0 aliphatic rings. The molecule has 1 atom stereocenters. The maximum Gasteiger partial charge on any atom is 0.416 e. The second kappa shape index (κ2) is 5.03. The zero-order valence-electron chi connectivity index (χ0n) is 9.53. The zero-order valence-corrected chi connectivity index (χ0v) is 9.53. The Morgan fingerprint density at radius 2 is 1.94 bits per heavy atom. The third-order valence-corrected chi connectivity index (χ3v) is 2.20. The van der Waals surface area contributed by atoms with E-state index in [2.05, 4.69) is 5.10 Å². The summed E-state index contributed by atoms with van der Waals surface area (Å²) < 4.78 is 42.7. The molecule has 0 heterocycles. The van der Waals surface area contributed by atoms with E-state index in [1.807, 2.05) is 0 Å². The van der Waals surface area contributed by atoms with Gasteiger partial charge in [0.2, 0.25) is 0 Å². The van der Waals surface area contributed by atoms with Crippen LogP contribution in [0.1, 0.15) is 24.2 Å². The van der Waals surface area contributed by atoms with Gasteiger partial charge < -0.3 is 22.0 Å². The van der Waals surface area contributed by atoms with Gasteiger partial charge in [-0.15, -0.1) is 5.10 Å². The number of hydrazone groups is 1. The monoisotopic (exact) mass is 262 g/mol. The minimum atomic E-state index is -4.47. The van der Waals surface area contributed by atoms with E-state index in [0.29, 0.717) is 0 Å². The molecule has 1 aromatic rings. The molecule has 5 nitrogen and oxygen atoms in total. The number of hydrogen-bond donors (Lipinski definition) is 3. The van der Waals surface area contributed by atoms with Gasteiger partial charge in [0.15, 0.2) is 0 Å². The van der Waals surface area contributed by atoms with Crippen LogP contribution in [0.25, 0.3) is 0 Å². The quantitative estimate of drug-likeness (QED) is 0.247. The van der Waals surface area contributed by atoms with Gasteiger partial charge in [0.05, 0.1) is 5.56 Å². The number of benzene rings is 1. The Morgan fingerprint density at radius 3 is 2.44 bits per heavy atom. The van der Waals surface area contributed by atoms with E-state index in [-0.39, 0.29) is 17.3 Å². The first-order valence-electron chi connectivity index (χ1n) is 4.91. The van der Waals surface area contributed by atoms with Gasteiger partial charge in [-0.05, 0) is 30.7 Å². The standard InChI is InChI=1S/C10H13F3N4O/c1-5(18-9(15)17-16)6-2-7(10(11,12)13)4-8(14)3-6/h2-5H,14,16H2,1H3,(H2,15,17). The number of hydrogen-bond acceptors (Lipinski definition) is 4. The van der Waals surface area contributed by atoms with Gasteiger partial charge in [-0.2, -0.15) is 13.2 Å². The van der Waals surface area contributed by atoms with E-state index in [0.717, 1.165) is 12.1 Å². The number of rotatable bonds is 2. The number of anilines is 1. The molecule has 1 rings (SSSR count). The number of nitrogen functional groups attached to an aromatic ring is 1. The molecule has 1 unspecified atom stereocenters. The van der Waals surface area contributed by atoms with Crippen LogP contribution in [-0.2, 0) is 10.9 Å². The summed E-state index contributed by atoms with van der Waals surface area (Å²) in [6.07, 6.45) is -5.22. The fourth-order valence-electron chi connectivity index (χ4n) is 1.35. The zero-order chi connectivity index (χ0) is 13.9. The van der Waals surface area contributed by atoms with Crippen molar-refractivity contribution in [3.05, 3.63) is 29.3 Å². The molecule has 0 amide bonds. The predicted molar refractivity (Wildman–Crippen MR) is 61.2 cm³/mol. The summed E-state index contributed by atoms with van der Waals surface area (Å²) in [5.74, 6) is 4.86. The summed E-state index contributed by atoms with van der Waals surface area (Å²) >= 11 is 0. The minimum absolute atomic E-state index is 0.0152. The highest BCUT2D eigenvalue weighted by molar-refractivity contribution is 5.71. The van der Waals surface area contributed by atoms with Crippen molar-refractivity contribution in [3.8, 4) is 0 Å². The first-order valence-corrected chi connectivity index (χ1v) is 4.91. The van der Waals surface area contributed by atoms with Crippen molar-refractivity contribution >= 4 is 11.7 Å². The third-order valence-electron chi connectivity index (χ3n) is 2.20. The Morgan fingerprint density at radius 1 is 1.33 bits per heavy atom. The van der Waals surface area contributed by atoms with E-state index in [1.165, 1.54) is 13.0 Å². The van der Waals surface area contributed by atoms with Crippen molar-refractivity contribution in [1.29, 1.82) is 0 Å². The highest BCUT2D eigenvalue weighted by Gasteiger charge is 2.31. The molecule has 0 fully saturated rings. The average molecular weight is 262 g/mol. The van der Waals surface area contributed by atoms with Crippen LogP contribution < -0.4 is 17.3 Å². The first kappa shape index (κ1) is 13.9. The molecular formula is C10H13F3N4O. The fraction of sp³-hybridized carbons (Fsp3) is 0.300. The van der Waals surface area contributed by atoms with Crippen molar-refractivity contribution in [2.24, 2.45) is 16.7 Å². The lowest BCUT2D eigenvalue weighted by Gasteiger charge is -2.16. The summed E-state index contributed by atoms with van der Waals surface area (Å²) in [5.41, 5.74) is 10.0. The summed E-state index contributed by atoms with van der Waals surface area (Å²) in [5, 5.41) is 3.07. The van der Waals surface area contributed by atoms with E-state index < -0.39 is 17.8 Å². The highest BCUT2D eigenvalue weighted by atomic mass is 19.4. The summed E-state index contributed by atoms with van der Waals surface area (Å²) in [4.78, 5) is 0. The molecule has 0 aromatic heterocycles. The predicted octanol–water partition coefficient (Wildman–Crippen LogP) is 1.55. The molecule has 0 saturated heterocycles. The maximum absolute atomic E-state index is 12.6. The van der Waals surface area contributed by atoms with E-state index in [4.69, 9.17) is 22.0 Å². The molecule has 6 N–H and O–H groups in total. The van der Waals surface area contributed by atoms with E-state index in [1.54, 1.807) is 0 Å². The SMILES string of the molecule is CC(O/C(N)=N\N)c1cc(N)cc(C(F)(F)F)c1. The fourth-order valence-corrected chi connectivity index (χ4v) is 1.35. The van der Waals surface area contributed by atoms with Crippen molar-refractivity contribution in [1.82, 2.24) is 0 Å². The largest absolute Gasteiger partial charge is 0.456 e. The van der Waals surface area contributed by atoms with Gasteiger partial charge in [0, 0.05) is 5.69 Å². The number of halogens is 3. The van der Waals surface area contributed by atoms with E-state index >= 15 is 0 Å². The van der Waals surface area contributed by atoms with Crippen molar-refractivity contribution in [3.63, 3.8) is 0 Å². The molecule has 1 aromatic carbocycles. The van der Waals surface area contributed by atoms with Crippen LogP contribution >= 0.6 is 0 Å². The van der Waals surface area contributed by atoms with Gasteiger partial charge in [0.25, 0.3) is 0 Å². The van der Waals surface area contributed by atoms with Gasteiger partial charge in [-0.25, -0.2) is 0 Å². The van der Waals surface area contributed by atoms with Crippen molar-refractivity contribution in [2.75, 3.05) is 5.73 Å². The lowest BCUT2D eigenvalue weighted by molar-refractivity contribution is -0.137. The van der Waals surface area contributed by atoms with Crippen LogP contribution in [0.5, 0.6) is 0 Å². The topological polar surface area (TPSA) is 99.6 Å². The number of amidine groups is 1. The molecular weight excluding hydrogens is 249 g/mol. The van der Waals surface area contributed by atoms with Crippen molar-refractivity contribution < 1.29 is 17.9 Å². The Bertz CT molecular complexity index is 459. The number of ether oxygens (including phenoxy) is 1. The molecule has 0 aliphatic carbocycles. The number of alkyl halides is 3. The van der Waals surface area contributed by atoms with E-state index in [9.17, 15) is 13.2 Å². The van der Waals surface area contributed by atoms with Crippen LogP contribution in [0.2, 0.25) is 0 Å². The van der Waals surface area contributed by atoms with Gasteiger partial charge in [-0.1, -0.05) is 0 Å². The van der Waals surface area contributed by atoms with Gasteiger partial charge in [-0.3, -0.25) is 0 Å². The molecule has 8 heteroatoms. The number of nitrogens with two attached hydrogens (primary N) is 3. The van der Waals surface area contributed by atoms with Gasteiger partial charge in [0.1, 0.15) is 6.10 Å². The Hall–Kier alpha value is -2.12. The maximum atomic E-state index is 12.6. The third kappa shape index (κ3) is 3.44.